The van der Waals surface area contributed by atoms with E-state index in [-0.39, 0.29) is 0 Å². The van der Waals surface area contributed by atoms with Gasteiger partial charge in [-0.3, -0.25) is 9.48 Å². The smallest absolute Gasteiger partial charge is 0.253 e. The van der Waals surface area contributed by atoms with Crippen LogP contribution in [0.15, 0.2) is 36.8 Å². The topological polar surface area (TPSA) is 78.2 Å². The van der Waals surface area contributed by atoms with Crippen molar-refractivity contribution in [1.82, 2.24) is 19.4 Å². The van der Waals surface area contributed by atoms with Gasteiger partial charge in [-0.2, -0.15) is 10.2 Å². The number of thiazole rings is 1. The first-order valence-electron chi connectivity index (χ1n) is 6.33. The third kappa shape index (κ3) is 1.67. The number of primary amides is 1. The number of benzene rings is 1. The highest BCUT2D eigenvalue weighted by Crippen LogP contribution is 2.34. The minimum Gasteiger partial charge on any atom is -0.365 e. The van der Waals surface area contributed by atoms with Crippen LogP contribution in [0.2, 0.25) is 0 Å². The quantitative estimate of drug-likeness (QED) is 0.615. The first-order chi connectivity index (χ1) is 10.1. The van der Waals surface area contributed by atoms with Crippen LogP contribution in [0.5, 0.6) is 0 Å². The second-order valence-electron chi connectivity index (χ2n) is 4.77. The maximum absolute atomic E-state index is 11.4. The zero-order valence-electron chi connectivity index (χ0n) is 11.1. The number of nitrogens with two attached hydrogens (primary N) is 1. The van der Waals surface area contributed by atoms with Crippen LogP contribution < -0.4 is 5.73 Å². The Balaban J connectivity index is 1.98. The highest BCUT2D eigenvalue weighted by Gasteiger charge is 2.15. The molecule has 21 heavy (non-hydrogen) atoms. The third-order valence-electron chi connectivity index (χ3n) is 3.52. The summed E-state index contributed by atoms with van der Waals surface area (Å²) in [5.41, 5.74) is 7.95. The van der Waals surface area contributed by atoms with Crippen molar-refractivity contribution in [2.45, 2.75) is 0 Å². The van der Waals surface area contributed by atoms with E-state index in [0.29, 0.717) is 5.56 Å². The summed E-state index contributed by atoms with van der Waals surface area (Å²) in [6.07, 6.45) is 5.26. The molecule has 3 aromatic heterocycles. The van der Waals surface area contributed by atoms with Gasteiger partial charge in [-0.1, -0.05) is 12.1 Å². The maximum Gasteiger partial charge on any atom is 0.253 e. The number of carbonyl (C=O) groups excluding carboxylic acids is 1. The predicted octanol–water partition coefficient (Wildman–Crippen LogP) is 2.05. The van der Waals surface area contributed by atoms with E-state index in [0.717, 1.165) is 26.2 Å². The molecule has 104 valence electrons. The molecule has 4 aromatic rings. The van der Waals surface area contributed by atoms with Crippen LogP contribution in [-0.4, -0.2) is 25.3 Å². The number of carbonyl (C=O) groups is 1. The zero-order chi connectivity index (χ0) is 14.6. The van der Waals surface area contributed by atoms with E-state index < -0.39 is 5.91 Å². The molecule has 0 aliphatic heterocycles. The fourth-order valence-electron chi connectivity index (χ4n) is 2.47. The normalized spacial score (nSPS) is 11.5. The number of hydrogen-bond acceptors (Lipinski definition) is 4. The van der Waals surface area contributed by atoms with Crippen LogP contribution in [0.4, 0.5) is 0 Å². The van der Waals surface area contributed by atoms with Gasteiger partial charge < -0.3 is 5.73 Å². The molecule has 1 aromatic carbocycles. The number of rotatable bonds is 2. The number of aromatic nitrogens is 4. The number of hydrogen-bond donors (Lipinski definition) is 1. The Kier molecular flexibility index (Phi) is 2.40. The van der Waals surface area contributed by atoms with Gasteiger partial charge in [0.15, 0.2) is 0 Å². The van der Waals surface area contributed by atoms with E-state index in [1.807, 2.05) is 42.3 Å². The van der Waals surface area contributed by atoms with Gasteiger partial charge in [0.2, 0.25) is 0 Å². The van der Waals surface area contributed by atoms with Crippen LogP contribution in [0.1, 0.15) is 10.4 Å². The molecule has 0 aliphatic carbocycles. The van der Waals surface area contributed by atoms with Gasteiger partial charge in [0.1, 0.15) is 4.83 Å². The largest absolute Gasteiger partial charge is 0.365 e. The van der Waals surface area contributed by atoms with E-state index in [4.69, 9.17) is 5.73 Å². The van der Waals surface area contributed by atoms with Gasteiger partial charge in [-0.05, 0) is 6.07 Å². The monoisotopic (exact) mass is 297 g/mol. The molecule has 4 rings (SSSR count). The summed E-state index contributed by atoms with van der Waals surface area (Å²) in [4.78, 5) is 13.2. The molecule has 0 aliphatic rings. The molecule has 1 amide bonds. The fraction of sp³-hybridized carbons (Fsp3) is 0.0714. The van der Waals surface area contributed by atoms with Crippen molar-refractivity contribution < 1.29 is 4.79 Å². The summed E-state index contributed by atoms with van der Waals surface area (Å²) in [6.45, 7) is 0. The Morgan fingerprint density at radius 2 is 2.14 bits per heavy atom. The molecule has 2 N–H and O–H groups in total. The minimum absolute atomic E-state index is 0.449. The van der Waals surface area contributed by atoms with E-state index in [2.05, 4.69) is 10.2 Å². The Morgan fingerprint density at radius 1 is 1.29 bits per heavy atom. The second kappa shape index (κ2) is 4.16. The van der Waals surface area contributed by atoms with Crippen molar-refractivity contribution in [2.24, 2.45) is 12.8 Å². The standard InChI is InChI=1S/C14H11N5OS/c1-18-11-4-2-3-8(9(11)5-16-18)12-7-19-14(21-12)10(6-17-19)13(15)20/h2-7H,1H3,(H2,15,20). The maximum atomic E-state index is 11.4. The lowest BCUT2D eigenvalue weighted by Gasteiger charge is -1.99. The van der Waals surface area contributed by atoms with Gasteiger partial charge in [-0.15, -0.1) is 11.3 Å². The Bertz CT molecular complexity index is 993. The summed E-state index contributed by atoms with van der Waals surface area (Å²) in [5.74, 6) is -0.460. The van der Waals surface area contributed by atoms with Gasteiger partial charge in [0.05, 0.1) is 28.4 Å². The molecule has 0 fully saturated rings. The molecule has 3 heterocycles. The third-order valence-corrected chi connectivity index (χ3v) is 4.66. The fourth-order valence-corrected chi connectivity index (χ4v) is 3.58. The number of fused-ring (bicyclic) bond motifs is 2. The van der Waals surface area contributed by atoms with Gasteiger partial charge in [-0.25, -0.2) is 4.52 Å². The van der Waals surface area contributed by atoms with Crippen LogP contribution in [-0.2, 0) is 7.05 Å². The molecule has 0 radical (unpaired) electrons. The average molecular weight is 297 g/mol. The predicted molar refractivity (Wildman–Crippen MR) is 81.3 cm³/mol. The number of aryl methyl sites for hydroxylation is 1. The molecule has 0 bridgehead atoms. The van der Waals surface area contributed by atoms with Crippen molar-refractivity contribution in [3.63, 3.8) is 0 Å². The van der Waals surface area contributed by atoms with Gasteiger partial charge in [0, 0.05) is 24.2 Å². The summed E-state index contributed by atoms with van der Waals surface area (Å²) in [5, 5.41) is 9.54. The molecule has 7 heteroatoms. The van der Waals surface area contributed by atoms with Crippen LogP contribution >= 0.6 is 11.3 Å². The SMILES string of the molecule is Cn1ncc2c(-c3cn4ncc(C(N)=O)c4s3)cccc21. The molecule has 0 saturated heterocycles. The van der Waals surface area contributed by atoms with E-state index in [9.17, 15) is 4.79 Å². The Hall–Kier alpha value is -2.67. The van der Waals surface area contributed by atoms with Crippen molar-refractivity contribution in [3.8, 4) is 10.4 Å². The lowest BCUT2D eigenvalue weighted by molar-refractivity contribution is 0.100. The molecular formula is C14H11N5OS. The molecule has 0 saturated carbocycles. The highest BCUT2D eigenvalue weighted by atomic mass is 32.1. The summed E-state index contributed by atoms with van der Waals surface area (Å²) in [6, 6.07) is 6.06. The lowest BCUT2D eigenvalue weighted by Crippen LogP contribution is -2.09. The van der Waals surface area contributed by atoms with Crippen molar-refractivity contribution in [3.05, 3.63) is 42.4 Å². The Morgan fingerprint density at radius 3 is 2.95 bits per heavy atom. The second-order valence-corrected chi connectivity index (χ2v) is 5.80. The van der Waals surface area contributed by atoms with E-state index >= 15 is 0 Å². The highest BCUT2D eigenvalue weighted by molar-refractivity contribution is 7.21. The van der Waals surface area contributed by atoms with Gasteiger partial charge in [0.25, 0.3) is 5.91 Å². The first kappa shape index (κ1) is 12.1. The minimum atomic E-state index is -0.460. The number of nitrogens with zero attached hydrogens (tertiary/aromatic N) is 4. The van der Waals surface area contributed by atoms with Crippen LogP contribution in [0, 0.1) is 0 Å². The molecule has 0 spiro atoms. The molecule has 6 nitrogen and oxygen atoms in total. The molecule has 0 unspecified atom stereocenters. The first-order valence-corrected chi connectivity index (χ1v) is 7.15. The number of amides is 1. The zero-order valence-corrected chi connectivity index (χ0v) is 12.0. The van der Waals surface area contributed by atoms with Crippen LogP contribution in [0.25, 0.3) is 26.2 Å². The summed E-state index contributed by atoms with van der Waals surface area (Å²) < 4.78 is 3.53. The van der Waals surface area contributed by atoms with E-state index in [1.54, 1.807) is 4.52 Å². The van der Waals surface area contributed by atoms with Crippen LogP contribution in [0.3, 0.4) is 0 Å². The van der Waals surface area contributed by atoms with Crippen molar-refractivity contribution in [2.75, 3.05) is 0 Å². The van der Waals surface area contributed by atoms with Crippen molar-refractivity contribution in [1.29, 1.82) is 0 Å². The van der Waals surface area contributed by atoms with E-state index in [1.165, 1.54) is 17.5 Å². The summed E-state index contributed by atoms with van der Waals surface area (Å²) >= 11 is 1.50. The average Bonchev–Trinajstić information content (AvgIpc) is 3.12. The van der Waals surface area contributed by atoms with Gasteiger partial charge >= 0.3 is 0 Å². The molecular weight excluding hydrogens is 286 g/mol. The Labute approximate surface area is 123 Å². The van der Waals surface area contributed by atoms with Crippen molar-refractivity contribution >= 4 is 33.0 Å². The molecule has 0 atom stereocenters. The summed E-state index contributed by atoms with van der Waals surface area (Å²) in [7, 11) is 1.92. The lowest BCUT2D eigenvalue weighted by atomic mass is 10.1.